The number of anilines is 1. The first kappa shape index (κ1) is 22.1. The van der Waals surface area contributed by atoms with Gasteiger partial charge >= 0.3 is 0 Å². The first-order chi connectivity index (χ1) is 15.4. The molecule has 168 valence electrons. The highest BCUT2D eigenvalue weighted by atomic mass is 32.2. The number of halogens is 2. The molecule has 10 heteroatoms. The standard InChI is InChI=1S/C22H23F2N5O2S/c1-17(21(14-28-16-25-15-26-28)20-8-7-18(23)13-22(20)24)32(30,31)29-11-9-27(10-12-29)19-5-3-2-4-6-19/h2-8,13,15-16H,9-12,14H2,1H3/b21-17-. The molecule has 4 rings (SSSR count). The highest BCUT2D eigenvalue weighted by molar-refractivity contribution is 7.93. The SMILES string of the molecule is C/C(=C(\Cn1cncn1)c1ccc(F)cc1F)S(=O)(=O)N1CCN(c2ccccc2)CC1. The lowest BCUT2D eigenvalue weighted by Gasteiger charge is -2.35. The lowest BCUT2D eigenvalue weighted by Crippen LogP contribution is -2.48. The number of allylic oxidation sites excluding steroid dienone is 2. The van der Waals surface area contributed by atoms with Crippen LogP contribution in [0.2, 0.25) is 0 Å². The summed E-state index contributed by atoms with van der Waals surface area (Å²) in [4.78, 5) is 6.00. The van der Waals surface area contributed by atoms with Gasteiger partial charge in [-0.15, -0.1) is 0 Å². The zero-order chi connectivity index (χ0) is 22.7. The van der Waals surface area contributed by atoms with Crippen molar-refractivity contribution in [1.82, 2.24) is 19.1 Å². The van der Waals surface area contributed by atoms with E-state index in [9.17, 15) is 17.2 Å². The molecule has 7 nitrogen and oxygen atoms in total. The quantitative estimate of drug-likeness (QED) is 0.566. The second-order valence-electron chi connectivity index (χ2n) is 7.48. The predicted molar refractivity (Wildman–Crippen MR) is 118 cm³/mol. The Morgan fingerprint density at radius 3 is 2.38 bits per heavy atom. The van der Waals surface area contributed by atoms with Gasteiger partial charge in [0.25, 0.3) is 0 Å². The van der Waals surface area contributed by atoms with Crippen LogP contribution in [0.5, 0.6) is 0 Å². The molecule has 0 unspecified atom stereocenters. The molecule has 1 aliphatic rings. The van der Waals surface area contributed by atoms with Crippen molar-refractivity contribution < 1.29 is 17.2 Å². The van der Waals surface area contributed by atoms with E-state index in [-0.39, 0.29) is 22.6 Å². The molecule has 1 fully saturated rings. The highest BCUT2D eigenvalue weighted by Crippen LogP contribution is 2.29. The van der Waals surface area contributed by atoms with Gasteiger partial charge in [0.05, 0.1) is 11.4 Å². The smallest absolute Gasteiger partial charge is 0.239 e. The number of piperazine rings is 1. The van der Waals surface area contributed by atoms with E-state index in [0.717, 1.165) is 17.8 Å². The van der Waals surface area contributed by atoms with Crippen molar-refractivity contribution in [3.8, 4) is 0 Å². The molecule has 2 heterocycles. The number of hydrogen-bond donors (Lipinski definition) is 0. The van der Waals surface area contributed by atoms with Gasteiger partial charge < -0.3 is 4.90 Å². The Kier molecular flexibility index (Phi) is 6.33. The fourth-order valence-corrected chi connectivity index (χ4v) is 5.29. The Bertz CT molecular complexity index is 1210. The largest absolute Gasteiger partial charge is 0.369 e. The molecule has 0 amide bonds. The van der Waals surface area contributed by atoms with Crippen LogP contribution in [0.1, 0.15) is 12.5 Å². The number of aromatic nitrogens is 3. The van der Waals surface area contributed by atoms with Gasteiger partial charge in [-0.25, -0.2) is 26.9 Å². The Morgan fingerprint density at radius 2 is 1.75 bits per heavy atom. The summed E-state index contributed by atoms with van der Waals surface area (Å²) >= 11 is 0. The molecule has 0 radical (unpaired) electrons. The molecule has 1 aliphatic heterocycles. The number of para-hydroxylation sites is 1. The summed E-state index contributed by atoms with van der Waals surface area (Å²) in [6, 6.07) is 12.9. The van der Waals surface area contributed by atoms with Gasteiger partial charge in [-0.3, -0.25) is 0 Å². The van der Waals surface area contributed by atoms with Crippen LogP contribution in [-0.2, 0) is 16.6 Å². The maximum Gasteiger partial charge on any atom is 0.239 e. The average molecular weight is 460 g/mol. The molecule has 1 aromatic heterocycles. The molecule has 0 atom stereocenters. The van der Waals surface area contributed by atoms with E-state index in [4.69, 9.17) is 0 Å². The Hall–Kier alpha value is -3.11. The molecule has 1 saturated heterocycles. The second-order valence-corrected chi connectivity index (χ2v) is 9.56. The summed E-state index contributed by atoms with van der Waals surface area (Å²) in [7, 11) is -3.88. The van der Waals surface area contributed by atoms with Crippen LogP contribution in [0.3, 0.4) is 0 Å². The molecule has 2 aromatic carbocycles. The van der Waals surface area contributed by atoms with Crippen molar-refractivity contribution in [3.05, 3.63) is 83.3 Å². The molecular formula is C22H23F2N5O2S. The van der Waals surface area contributed by atoms with Crippen LogP contribution >= 0.6 is 0 Å². The fraction of sp³-hybridized carbons (Fsp3) is 0.273. The number of sulfonamides is 1. The molecule has 0 aliphatic carbocycles. The third kappa shape index (κ3) is 4.56. The van der Waals surface area contributed by atoms with Crippen molar-refractivity contribution >= 4 is 21.3 Å². The molecule has 0 bridgehead atoms. The monoisotopic (exact) mass is 459 g/mol. The van der Waals surface area contributed by atoms with Crippen molar-refractivity contribution in [2.45, 2.75) is 13.5 Å². The molecule has 0 saturated carbocycles. The summed E-state index contributed by atoms with van der Waals surface area (Å²) in [5.41, 5.74) is 1.27. The molecule has 0 N–H and O–H groups in total. The minimum atomic E-state index is -3.88. The molecule has 3 aromatic rings. The van der Waals surface area contributed by atoms with E-state index in [2.05, 4.69) is 15.0 Å². The summed E-state index contributed by atoms with van der Waals surface area (Å²) in [5, 5.41) is 4.01. The normalized spacial score (nSPS) is 16.2. The maximum absolute atomic E-state index is 14.6. The summed E-state index contributed by atoms with van der Waals surface area (Å²) in [6.45, 7) is 3.12. The Morgan fingerprint density at radius 1 is 1.03 bits per heavy atom. The van der Waals surface area contributed by atoms with Gasteiger partial charge in [0, 0.05) is 43.5 Å². The number of benzene rings is 2. The van der Waals surface area contributed by atoms with Crippen molar-refractivity contribution in [3.63, 3.8) is 0 Å². The number of rotatable bonds is 6. The summed E-state index contributed by atoms with van der Waals surface area (Å²) in [5.74, 6) is -1.56. The van der Waals surface area contributed by atoms with Gasteiger partial charge in [-0.05, 0) is 36.8 Å². The zero-order valence-corrected chi connectivity index (χ0v) is 18.3. The Balaban J connectivity index is 1.65. The summed E-state index contributed by atoms with van der Waals surface area (Å²) < 4.78 is 57.8. The zero-order valence-electron chi connectivity index (χ0n) is 17.5. The van der Waals surface area contributed by atoms with Gasteiger partial charge in [-0.2, -0.15) is 9.40 Å². The van der Waals surface area contributed by atoms with Crippen molar-refractivity contribution in [1.29, 1.82) is 0 Å². The van der Waals surface area contributed by atoms with Gasteiger partial charge in [0.2, 0.25) is 10.0 Å². The summed E-state index contributed by atoms with van der Waals surface area (Å²) in [6.07, 6.45) is 2.73. The number of hydrogen-bond acceptors (Lipinski definition) is 5. The molecule has 32 heavy (non-hydrogen) atoms. The van der Waals surface area contributed by atoms with E-state index in [0.29, 0.717) is 26.2 Å². The van der Waals surface area contributed by atoms with Crippen LogP contribution in [-0.4, -0.2) is 53.7 Å². The maximum atomic E-state index is 14.6. The van der Waals surface area contributed by atoms with E-state index in [1.54, 1.807) is 0 Å². The third-order valence-corrected chi connectivity index (χ3v) is 7.62. The van der Waals surface area contributed by atoms with E-state index in [1.807, 2.05) is 30.3 Å². The van der Waals surface area contributed by atoms with E-state index in [1.165, 1.54) is 34.6 Å². The molecule has 0 spiro atoms. The Labute approximate surface area is 185 Å². The van der Waals surface area contributed by atoms with Crippen LogP contribution in [0, 0.1) is 11.6 Å². The second kappa shape index (κ2) is 9.17. The predicted octanol–water partition coefficient (Wildman–Crippen LogP) is 3.14. The topological polar surface area (TPSA) is 71.3 Å². The van der Waals surface area contributed by atoms with Crippen molar-refractivity contribution in [2.75, 3.05) is 31.1 Å². The van der Waals surface area contributed by atoms with E-state index < -0.39 is 21.7 Å². The fourth-order valence-electron chi connectivity index (χ4n) is 3.77. The average Bonchev–Trinajstić information content (AvgIpc) is 3.31. The van der Waals surface area contributed by atoms with Gasteiger partial charge in [0.15, 0.2) is 0 Å². The first-order valence-electron chi connectivity index (χ1n) is 10.1. The highest BCUT2D eigenvalue weighted by Gasteiger charge is 2.31. The van der Waals surface area contributed by atoms with Gasteiger partial charge in [0.1, 0.15) is 24.3 Å². The van der Waals surface area contributed by atoms with Gasteiger partial charge in [-0.1, -0.05) is 18.2 Å². The van der Waals surface area contributed by atoms with Crippen LogP contribution in [0.25, 0.3) is 5.57 Å². The lowest BCUT2D eigenvalue weighted by molar-refractivity contribution is 0.388. The van der Waals surface area contributed by atoms with Crippen molar-refractivity contribution in [2.24, 2.45) is 0 Å². The lowest BCUT2D eigenvalue weighted by atomic mass is 10.0. The van der Waals surface area contributed by atoms with Crippen LogP contribution in [0.15, 0.2) is 66.1 Å². The third-order valence-electron chi connectivity index (χ3n) is 5.55. The minimum Gasteiger partial charge on any atom is -0.369 e. The number of nitrogens with zero attached hydrogens (tertiary/aromatic N) is 5. The molecular weight excluding hydrogens is 436 g/mol. The van der Waals surface area contributed by atoms with Crippen LogP contribution < -0.4 is 4.90 Å². The van der Waals surface area contributed by atoms with Crippen LogP contribution in [0.4, 0.5) is 14.5 Å². The first-order valence-corrected chi connectivity index (χ1v) is 11.6. The minimum absolute atomic E-state index is 0.00618. The van der Waals surface area contributed by atoms with E-state index >= 15 is 0 Å².